The molecule has 0 N–H and O–H groups in total. The molecule has 0 saturated heterocycles. The van der Waals surface area contributed by atoms with Crippen LogP contribution in [-0.4, -0.2) is 37.2 Å². The van der Waals surface area contributed by atoms with Crippen LogP contribution in [0.15, 0.2) is 85.1 Å². The van der Waals surface area contributed by atoms with Gasteiger partial charge in [0.2, 0.25) is 0 Å². The maximum Gasteiger partial charge on any atom is 0.306 e. The molecular formula is C66H114O6. The van der Waals surface area contributed by atoms with Crippen molar-refractivity contribution in [3.63, 3.8) is 0 Å². The van der Waals surface area contributed by atoms with Crippen molar-refractivity contribution < 1.29 is 28.6 Å². The van der Waals surface area contributed by atoms with Crippen molar-refractivity contribution in [3.05, 3.63) is 85.1 Å². The van der Waals surface area contributed by atoms with E-state index in [-0.39, 0.29) is 37.5 Å². The SMILES string of the molecule is CC/C=C\C/C=C\C/C=C\C/C=C\C/C=C\CCCCCC(=O)OC(COC(=O)CCCCCCCCCCC/C=C\C/C=C\CCCCCCC)COC(=O)CCCCCCCCCCCCCCCC. The van der Waals surface area contributed by atoms with Crippen LogP contribution in [0.5, 0.6) is 0 Å². The topological polar surface area (TPSA) is 78.9 Å². The molecule has 0 aliphatic heterocycles. The van der Waals surface area contributed by atoms with Gasteiger partial charge in [-0.2, -0.15) is 0 Å². The Labute approximate surface area is 445 Å². The van der Waals surface area contributed by atoms with Gasteiger partial charge in [-0.1, -0.05) is 266 Å². The fraction of sp³-hybridized carbons (Fsp3) is 0.742. The Balaban J connectivity index is 4.42. The number of carbonyl (C=O) groups is 3. The van der Waals surface area contributed by atoms with Gasteiger partial charge in [0.1, 0.15) is 13.2 Å². The van der Waals surface area contributed by atoms with Gasteiger partial charge in [-0.05, 0) is 96.3 Å². The number of unbranched alkanes of at least 4 members (excludes halogenated alkanes) is 30. The average molecular weight is 1000 g/mol. The summed E-state index contributed by atoms with van der Waals surface area (Å²) in [5, 5.41) is 0. The lowest BCUT2D eigenvalue weighted by molar-refractivity contribution is -0.167. The van der Waals surface area contributed by atoms with Crippen LogP contribution in [0.1, 0.15) is 297 Å². The molecule has 0 aromatic carbocycles. The van der Waals surface area contributed by atoms with Crippen LogP contribution in [0.4, 0.5) is 0 Å². The summed E-state index contributed by atoms with van der Waals surface area (Å²) >= 11 is 0. The van der Waals surface area contributed by atoms with E-state index in [1.807, 2.05) is 0 Å². The van der Waals surface area contributed by atoms with Gasteiger partial charge in [-0.15, -0.1) is 0 Å². The summed E-state index contributed by atoms with van der Waals surface area (Å²) in [7, 11) is 0. The molecule has 0 aliphatic rings. The Hall–Kier alpha value is -3.41. The molecule has 0 heterocycles. The first-order valence-corrected chi connectivity index (χ1v) is 30.6. The maximum atomic E-state index is 12.9. The van der Waals surface area contributed by atoms with Crippen molar-refractivity contribution in [2.24, 2.45) is 0 Å². The van der Waals surface area contributed by atoms with Crippen LogP contribution in [0.2, 0.25) is 0 Å². The summed E-state index contributed by atoms with van der Waals surface area (Å²) in [6.07, 6.45) is 78.6. The van der Waals surface area contributed by atoms with Crippen LogP contribution >= 0.6 is 0 Å². The standard InChI is InChI=1S/C66H114O6/c1-4-7-10-13-16-19-22-25-28-30-32-33-35-36-38-41-44-47-50-53-56-59-65(68)71-62-63(61-70-64(67)58-55-52-49-46-43-40-27-24-21-18-15-12-9-6-3)72-66(69)60-57-54-51-48-45-42-39-37-34-31-29-26-23-20-17-14-11-8-5-2/h8,11,17,20,22,25-26,29-30,32,34,37,42,45,63H,4-7,9-10,12-16,18-19,21,23-24,27-28,31,33,35-36,38-41,43-44,46-62H2,1-3H3/b11-8-,20-17-,25-22-,29-26-,32-30-,37-34-,45-42-. The molecule has 0 saturated carbocycles. The van der Waals surface area contributed by atoms with Gasteiger partial charge in [-0.25, -0.2) is 0 Å². The highest BCUT2D eigenvalue weighted by molar-refractivity contribution is 5.71. The predicted octanol–water partition coefficient (Wildman–Crippen LogP) is 20.7. The molecule has 0 aliphatic carbocycles. The summed E-state index contributed by atoms with van der Waals surface area (Å²) < 4.78 is 16.9. The molecule has 0 aromatic heterocycles. The Morgan fingerprint density at radius 3 is 0.861 bits per heavy atom. The fourth-order valence-electron chi connectivity index (χ4n) is 8.56. The summed E-state index contributed by atoms with van der Waals surface area (Å²) in [4.78, 5) is 38.2. The molecule has 0 amide bonds. The van der Waals surface area contributed by atoms with Gasteiger partial charge in [0.05, 0.1) is 0 Å². The minimum Gasteiger partial charge on any atom is -0.462 e. The van der Waals surface area contributed by atoms with E-state index < -0.39 is 6.10 Å². The highest BCUT2D eigenvalue weighted by Gasteiger charge is 2.19. The Morgan fingerprint density at radius 1 is 0.292 bits per heavy atom. The lowest BCUT2D eigenvalue weighted by atomic mass is 10.0. The van der Waals surface area contributed by atoms with E-state index in [0.29, 0.717) is 12.8 Å². The second-order valence-electron chi connectivity index (χ2n) is 20.2. The zero-order chi connectivity index (χ0) is 52.2. The normalized spacial score (nSPS) is 12.7. The largest absolute Gasteiger partial charge is 0.462 e. The third kappa shape index (κ3) is 57.5. The van der Waals surface area contributed by atoms with Crippen LogP contribution < -0.4 is 0 Å². The van der Waals surface area contributed by atoms with Crippen LogP contribution in [0.25, 0.3) is 0 Å². The summed E-state index contributed by atoms with van der Waals surface area (Å²) in [5.41, 5.74) is 0. The molecule has 0 aromatic rings. The highest BCUT2D eigenvalue weighted by atomic mass is 16.6. The van der Waals surface area contributed by atoms with Crippen LogP contribution in [0.3, 0.4) is 0 Å². The van der Waals surface area contributed by atoms with E-state index in [9.17, 15) is 14.4 Å². The second-order valence-corrected chi connectivity index (χ2v) is 20.2. The minimum absolute atomic E-state index is 0.0891. The summed E-state index contributed by atoms with van der Waals surface area (Å²) in [5.74, 6) is -0.915. The molecule has 1 atom stereocenters. The van der Waals surface area contributed by atoms with Gasteiger partial charge in [-0.3, -0.25) is 14.4 Å². The molecule has 6 nitrogen and oxygen atoms in total. The van der Waals surface area contributed by atoms with E-state index in [2.05, 4.69) is 106 Å². The zero-order valence-corrected chi connectivity index (χ0v) is 47.4. The van der Waals surface area contributed by atoms with Crippen molar-refractivity contribution in [2.75, 3.05) is 13.2 Å². The lowest BCUT2D eigenvalue weighted by Gasteiger charge is -2.18. The molecule has 6 heteroatoms. The van der Waals surface area contributed by atoms with E-state index in [0.717, 1.165) is 103 Å². The first-order chi connectivity index (χ1) is 35.5. The van der Waals surface area contributed by atoms with Crippen LogP contribution in [0, 0.1) is 0 Å². The van der Waals surface area contributed by atoms with E-state index in [1.54, 1.807) is 0 Å². The van der Waals surface area contributed by atoms with Gasteiger partial charge in [0.15, 0.2) is 6.10 Å². The molecule has 1 unspecified atom stereocenters. The molecular weight excluding hydrogens is 889 g/mol. The molecule has 0 radical (unpaired) electrons. The maximum absolute atomic E-state index is 12.9. The molecule has 414 valence electrons. The highest BCUT2D eigenvalue weighted by Crippen LogP contribution is 2.16. The van der Waals surface area contributed by atoms with Gasteiger partial charge in [0.25, 0.3) is 0 Å². The quantitative estimate of drug-likeness (QED) is 0.0261. The number of ether oxygens (including phenoxy) is 3. The first kappa shape index (κ1) is 68.6. The number of esters is 3. The minimum atomic E-state index is -0.795. The number of carbonyl (C=O) groups excluding carboxylic acids is 3. The third-order valence-electron chi connectivity index (χ3n) is 13.1. The monoisotopic (exact) mass is 1000 g/mol. The molecule has 72 heavy (non-hydrogen) atoms. The van der Waals surface area contributed by atoms with Gasteiger partial charge < -0.3 is 14.2 Å². The molecule has 0 spiro atoms. The van der Waals surface area contributed by atoms with Crippen molar-refractivity contribution in [2.45, 2.75) is 303 Å². The second kappa shape index (κ2) is 60.1. The van der Waals surface area contributed by atoms with E-state index in [4.69, 9.17) is 14.2 Å². The van der Waals surface area contributed by atoms with Crippen molar-refractivity contribution >= 4 is 17.9 Å². The molecule has 0 fully saturated rings. The number of hydrogen-bond donors (Lipinski definition) is 0. The van der Waals surface area contributed by atoms with Crippen molar-refractivity contribution in [1.29, 1.82) is 0 Å². The van der Waals surface area contributed by atoms with Crippen molar-refractivity contribution in [3.8, 4) is 0 Å². The predicted molar refractivity (Wildman–Crippen MR) is 311 cm³/mol. The fourth-order valence-corrected chi connectivity index (χ4v) is 8.56. The van der Waals surface area contributed by atoms with Crippen molar-refractivity contribution in [1.82, 2.24) is 0 Å². The Morgan fingerprint density at radius 2 is 0.542 bits per heavy atom. The number of allylic oxidation sites excluding steroid dienone is 14. The molecule has 0 bridgehead atoms. The number of hydrogen-bond acceptors (Lipinski definition) is 6. The summed E-state index contributed by atoms with van der Waals surface area (Å²) in [6.45, 7) is 6.51. The lowest BCUT2D eigenvalue weighted by Crippen LogP contribution is -2.30. The van der Waals surface area contributed by atoms with E-state index >= 15 is 0 Å². The van der Waals surface area contributed by atoms with E-state index in [1.165, 1.54) is 154 Å². The van der Waals surface area contributed by atoms with Gasteiger partial charge in [0, 0.05) is 19.3 Å². The Bertz CT molecular complexity index is 1380. The average Bonchev–Trinajstić information content (AvgIpc) is 3.38. The first-order valence-electron chi connectivity index (χ1n) is 30.6. The Kier molecular flexibility index (Phi) is 57.3. The zero-order valence-electron chi connectivity index (χ0n) is 47.4. The molecule has 0 rings (SSSR count). The summed E-state index contributed by atoms with van der Waals surface area (Å²) in [6, 6.07) is 0. The van der Waals surface area contributed by atoms with Crippen LogP contribution in [-0.2, 0) is 28.6 Å². The van der Waals surface area contributed by atoms with Gasteiger partial charge >= 0.3 is 17.9 Å². The smallest absolute Gasteiger partial charge is 0.306 e. The third-order valence-corrected chi connectivity index (χ3v) is 13.1. The number of rotatable bonds is 55.